The summed E-state index contributed by atoms with van der Waals surface area (Å²) in [5.74, 6) is 1.07. The molecule has 2 aliphatic heterocycles. The van der Waals surface area contributed by atoms with E-state index < -0.39 is 0 Å². The van der Waals surface area contributed by atoms with Gasteiger partial charge in [0.15, 0.2) is 0 Å². The lowest BCUT2D eigenvalue weighted by atomic mass is 9.90. The molecule has 2 amide bonds. The number of H-pyrrole nitrogens is 1. The summed E-state index contributed by atoms with van der Waals surface area (Å²) in [5, 5.41) is 7.25. The maximum Gasteiger partial charge on any atom is 0.257 e. The molecule has 2 saturated heterocycles. The Balaban J connectivity index is 1.36. The zero-order chi connectivity index (χ0) is 22.7. The molecule has 1 aromatic heterocycles. The average molecular weight is 441 g/mol. The topological polar surface area (TPSA) is 87.8 Å². The normalized spacial score (nSPS) is 22.1. The van der Waals surface area contributed by atoms with Crippen LogP contribution in [0.15, 0.2) is 30.5 Å². The van der Waals surface area contributed by atoms with E-state index in [1.807, 2.05) is 47.9 Å². The van der Waals surface area contributed by atoms with Crippen molar-refractivity contribution in [3.8, 4) is 5.75 Å². The third-order valence-electron chi connectivity index (χ3n) is 6.35. The number of carbonyl (C=O) groups is 2. The Labute approximate surface area is 188 Å². The first-order valence-electron chi connectivity index (χ1n) is 11.3. The highest BCUT2D eigenvalue weighted by Gasteiger charge is 2.32. The molecule has 0 aliphatic carbocycles. The molecule has 8 heteroatoms. The van der Waals surface area contributed by atoms with Crippen LogP contribution in [0.4, 0.5) is 0 Å². The lowest BCUT2D eigenvalue weighted by Gasteiger charge is -2.36. The summed E-state index contributed by atoms with van der Waals surface area (Å²) >= 11 is 0. The van der Waals surface area contributed by atoms with Crippen molar-refractivity contribution in [1.29, 1.82) is 0 Å². The molecule has 0 bridgehead atoms. The summed E-state index contributed by atoms with van der Waals surface area (Å²) in [6.07, 6.45) is 3.67. The average Bonchev–Trinajstić information content (AvgIpc) is 3.28. The molecule has 8 nitrogen and oxygen atoms in total. The van der Waals surface area contributed by atoms with E-state index in [-0.39, 0.29) is 29.9 Å². The molecule has 0 radical (unpaired) electrons. The van der Waals surface area contributed by atoms with Crippen molar-refractivity contribution in [1.82, 2.24) is 20.0 Å². The van der Waals surface area contributed by atoms with Crippen LogP contribution >= 0.6 is 0 Å². The molecular weight excluding hydrogens is 408 g/mol. The number of nitrogens with zero attached hydrogens (tertiary/aromatic N) is 3. The zero-order valence-electron chi connectivity index (χ0n) is 19.0. The summed E-state index contributed by atoms with van der Waals surface area (Å²) in [7, 11) is 1.63. The van der Waals surface area contributed by atoms with E-state index in [9.17, 15) is 9.59 Å². The first kappa shape index (κ1) is 22.3. The van der Waals surface area contributed by atoms with E-state index in [0.717, 1.165) is 29.8 Å². The molecule has 2 aromatic rings. The van der Waals surface area contributed by atoms with Crippen LogP contribution in [0.3, 0.4) is 0 Å². The smallest absolute Gasteiger partial charge is 0.257 e. The van der Waals surface area contributed by atoms with Crippen molar-refractivity contribution in [2.24, 2.45) is 0 Å². The number of nitrogens with one attached hydrogen (secondary N) is 1. The largest absolute Gasteiger partial charge is 0.497 e. The van der Waals surface area contributed by atoms with Crippen LogP contribution in [0.25, 0.3) is 0 Å². The molecule has 32 heavy (non-hydrogen) atoms. The van der Waals surface area contributed by atoms with Gasteiger partial charge in [-0.3, -0.25) is 14.7 Å². The van der Waals surface area contributed by atoms with Gasteiger partial charge in [-0.25, -0.2) is 0 Å². The van der Waals surface area contributed by atoms with Crippen molar-refractivity contribution in [3.05, 3.63) is 47.3 Å². The molecule has 172 valence electrons. The second kappa shape index (κ2) is 9.73. The summed E-state index contributed by atoms with van der Waals surface area (Å²) in [6.45, 7) is 6.50. The molecule has 3 heterocycles. The molecule has 2 atom stereocenters. The fraction of sp³-hybridized carbons (Fsp3) is 0.542. The van der Waals surface area contributed by atoms with Crippen molar-refractivity contribution >= 4 is 11.8 Å². The molecule has 0 spiro atoms. The second-order valence-electron chi connectivity index (χ2n) is 8.85. The van der Waals surface area contributed by atoms with Gasteiger partial charge in [-0.05, 0) is 44.4 Å². The van der Waals surface area contributed by atoms with Crippen molar-refractivity contribution in [2.45, 2.75) is 51.2 Å². The number of hydrogen-bond acceptors (Lipinski definition) is 5. The monoisotopic (exact) mass is 440 g/mol. The van der Waals surface area contributed by atoms with Gasteiger partial charge in [0.1, 0.15) is 5.75 Å². The number of hydrogen-bond donors (Lipinski definition) is 1. The number of piperidine rings is 1. The minimum Gasteiger partial charge on any atom is -0.497 e. The number of likely N-dealkylation sites (tertiary alicyclic amines) is 1. The van der Waals surface area contributed by atoms with Gasteiger partial charge in [0.2, 0.25) is 5.91 Å². The van der Waals surface area contributed by atoms with Gasteiger partial charge >= 0.3 is 0 Å². The van der Waals surface area contributed by atoms with E-state index in [1.54, 1.807) is 13.3 Å². The van der Waals surface area contributed by atoms with Gasteiger partial charge in [0, 0.05) is 32.1 Å². The van der Waals surface area contributed by atoms with Gasteiger partial charge in [-0.2, -0.15) is 5.10 Å². The van der Waals surface area contributed by atoms with Crippen LogP contribution in [-0.4, -0.2) is 77.3 Å². The van der Waals surface area contributed by atoms with Gasteiger partial charge < -0.3 is 19.3 Å². The first-order valence-corrected chi connectivity index (χ1v) is 11.3. The van der Waals surface area contributed by atoms with Crippen LogP contribution in [-0.2, 0) is 16.0 Å². The molecule has 1 N–H and O–H groups in total. The number of aromatic amines is 1. The molecule has 1 aromatic carbocycles. The van der Waals surface area contributed by atoms with E-state index in [1.165, 1.54) is 0 Å². The first-order chi connectivity index (χ1) is 15.4. The minimum atomic E-state index is 0.00674. The minimum absolute atomic E-state index is 0.00674. The van der Waals surface area contributed by atoms with E-state index in [2.05, 4.69) is 10.2 Å². The fourth-order valence-corrected chi connectivity index (χ4v) is 4.78. The number of amides is 2. The molecule has 2 aliphatic rings. The Hall–Kier alpha value is -2.87. The van der Waals surface area contributed by atoms with Crippen LogP contribution in [0.5, 0.6) is 5.75 Å². The van der Waals surface area contributed by atoms with Crippen LogP contribution in [0.2, 0.25) is 0 Å². The number of ether oxygens (including phenoxy) is 2. The summed E-state index contributed by atoms with van der Waals surface area (Å²) in [4.78, 5) is 29.8. The van der Waals surface area contributed by atoms with E-state index in [4.69, 9.17) is 9.47 Å². The van der Waals surface area contributed by atoms with Crippen molar-refractivity contribution in [2.75, 3.05) is 33.3 Å². The Morgan fingerprint density at radius 3 is 2.56 bits per heavy atom. The maximum atomic E-state index is 13.2. The summed E-state index contributed by atoms with van der Waals surface area (Å²) < 4.78 is 11.0. The molecular formula is C24H32N4O4. The maximum absolute atomic E-state index is 13.2. The zero-order valence-corrected chi connectivity index (χ0v) is 19.0. The van der Waals surface area contributed by atoms with Crippen LogP contribution in [0, 0.1) is 0 Å². The van der Waals surface area contributed by atoms with Crippen LogP contribution in [0.1, 0.15) is 54.2 Å². The van der Waals surface area contributed by atoms with E-state index in [0.29, 0.717) is 38.2 Å². The molecule has 4 rings (SSSR count). The number of rotatable bonds is 5. The Morgan fingerprint density at radius 2 is 1.88 bits per heavy atom. The van der Waals surface area contributed by atoms with Crippen LogP contribution < -0.4 is 4.74 Å². The highest BCUT2D eigenvalue weighted by molar-refractivity contribution is 5.95. The van der Waals surface area contributed by atoms with Gasteiger partial charge in [0.05, 0.1) is 43.2 Å². The number of carbonyl (C=O) groups excluding carboxylic acids is 2. The van der Waals surface area contributed by atoms with Crippen molar-refractivity contribution in [3.63, 3.8) is 0 Å². The number of morpholine rings is 1. The number of aromatic nitrogens is 2. The quantitative estimate of drug-likeness (QED) is 0.772. The van der Waals surface area contributed by atoms with Gasteiger partial charge in [-0.1, -0.05) is 12.1 Å². The van der Waals surface area contributed by atoms with Crippen molar-refractivity contribution < 1.29 is 19.1 Å². The summed E-state index contributed by atoms with van der Waals surface area (Å²) in [6, 6.07) is 7.63. The Bertz CT molecular complexity index is 941. The Kier molecular flexibility index (Phi) is 6.79. The third kappa shape index (κ3) is 4.96. The van der Waals surface area contributed by atoms with E-state index >= 15 is 0 Å². The lowest BCUT2D eigenvalue weighted by molar-refractivity contribution is -0.131. The number of benzene rings is 1. The van der Waals surface area contributed by atoms with Gasteiger partial charge in [0.25, 0.3) is 5.91 Å². The second-order valence-corrected chi connectivity index (χ2v) is 8.85. The summed E-state index contributed by atoms with van der Waals surface area (Å²) in [5.41, 5.74) is 2.49. The standard InChI is InChI=1S/C24H32N4O4/c1-16-14-28(15-17(2)32-16)24(30)21-13-25-26-23(21)19-7-9-27(10-8-19)22(29)12-18-5-4-6-20(11-18)31-3/h4-6,11,13,16-17,19H,7-10,12,14-15H2,1-3H3,(H,25,26)/t16-,17-/m1/s1. The number of methoxy groups -OCH3 is 1. The molecule has 0 saturated carbocycles. The lowest BCUT2D eigenvalue weighted by Crippen LogP contribution is -2.48. The molecule has 0 unspecified atom stereocenters. The highest BCUT2D eigenvalue weighted by atomic mass is 16.5. The SMILES string of the molecule is COc1cccc(CC(=O)N2CCC(c3[nH]ncc3C(=O)N3C[C@@H](C)O[C@H](C)C3)CC2)c1. The van der Waals surface area contributed by atoms with Gasteiger partial charge in [-0.15, -0.1) is 0 Å². The highest BCUT2D eigenvalue weighted by Crippen LogP contribution is 2.30. The predicted octanol–water partition coefficient (Wildman–Crippen LogP) is 2.62. The third-order valence-corrected chi connectivity index (χ3v) is 6.35. The molecule has 2 fully saturated rings. The Morgan fingerprint density at radius 1 is 1.16 bits per heavy atom. The fourth-order valence-electron chi connectivity index (χ4n) is 4.78. The predicted molar refractivity (Wildman–Crippen MR) is 120 cm³/mol.